The Morgan fingerprint density at radius 1 is 1.06 bits per heavy atom. The van der Waals surface area contributed by atoms with Gasteiger partial charge >= 0.3 is 5.97 Å². The van der Waals surface area contributed by atoms with E-state index in [1.54, 1.807) is 25.1 Å². The minimum Gasteiger partial charge on any atom is -0.481 e. The third-order valence-corrected chi connectivity index (χ3v) is 7.59. The van der Waals surface area contributed by atoms with Crippen molar-refractivity contribution in [1.82, 2.24) is 10.2 Å². The molecule has 0 spiro atoms. The molecule has 1 heterocycles. The molecule has 2 fully saturated rings. The van der Waals surface area contributed by atoms with Gasteiger partial charge in [-0.25, -0.2) is 0 Å². The van der Waals surface area contributed by atoms with Gasteiger partial charge in [-0.15, -0.1) is 0 Å². The topological polar surface area (TPSA) is 69.6 Å². The van der Waals surface area contributed by atoms with Crippen LogP contribution in [0.25, 0.3) is 0 Å². The van der Waals surface area contributed by atoms with Crippen LogP contribution in [0.5, 0.6) is 0 Å². The number of carboxylic acid groups (broad SMARTS) is 1. The van der Waals surface area contributed by atoms with Crippen molar-refractivity contribution in [2.45, 2.75) is 37.1 Å². The molecular formula is C24H26Cl2N2O3. The van der Waals surface area contributed by atoms with Gasteiger partial charge in [0.15, 0.2) is 0 Å². The molecule has 1 amide bonds. The van der Waals surface area contributed by atoms with E-state index >= 15 is 0 Å². The molecule has 1 aliphatic carbocycles. The van der Waals surface area contributed by atoms with E-state index in [4.69, 9.17) is 23.2 Å². The summed E-state index contributed by atoms with van der Waals surface area (Å²) in [6.07, 6.45) is 2.17. The van der Waals surface area contributed by atoms with Crippen LogP contribution in [-0.2, 0) is 20.5 Å². The zero-order valence-electron chi connectivity index (χ0n) is 17.4. The van der Waals surface area contributed by atoms with Crippen LogP contribution in [0.3, 0.4) is 0 Å². The molecule has 0 unspecified atom stereocenters. The molecule has 7 heteroatoms. The van der Waals surface area contributed by atoms with Gasteiger partial charge in [0.05, 0.1) is 21.0 Å². The summed E-state index contributed by atoms with van der Waals surface area (Å²) < 4.78 is 0. The highest BCUT2D eigenvalue weighted by atomic mass is 35.5. The lowest BCUT2D eigenvalue weighted by atomic mass is 9.80. The van der Waals surface area contributed by atoms with Gasteiger partial charge in [0.25, 0.3) is 0 Å². The number of rotatable bonds is 6. The van der Waals surface area contributed by atoms with Gasteiger partial charge in [0.2, 0.25) is 5.91 Å². The van der Waals surface area contributed by atoms with E-state index in [2.05, 4.69) is 22.3 Å². The number of nitrogens with zero attached hydrogens (tertiary/aromatic N) is 1. The number of carbonyl (C=O) groups is 2. The number of amides is 1. The highest BCUT2D eigenvalue weighted by Crippen LogP contribution is 2.55. The second-order valence-electron chi connectivity index (χ2n) is 8.74. The summed E-state index contributed by atoms with van der Waals surface area (Å²) in [5.41, 5.74) is 0.556. The van der Waals surface area contributed by atoms with Crippen molar-refractivity contribution in [1.29, 1.82) is 0 Å². The summed E-state index contributed by atoms with van der Waals surface area (Å²) in [5, 5.41) is 14.0. The predicted octanol–water partition coefficient (Wildman–Crippen LogP) is 4.46. The average Bonchev–Trinajstić information content (AvgIpc) is 3.47. The quantitative estimate of drug-likeness (QED) is 0.667. The second kappa shape index (κ2) is 8.45. The monoisotopic (exact) mass is 460 g/mol. The lowest BCUT2D eigenvalue weighted by Gasteiger charge is -2.43. The molecule has 2 N–H and O–H groups in total. The number of likely N-dealkylation sites (tertiary alicyclic amines) is 1. The molecule has 0 aromatic heterocycles. The van der Waals surface area contributed by atoms with Crippen LogP contribution < -0.4 is 5.32 Å². The van der Waals surface area contributed by atoms with Gasteiger partial charge in [-0.3, -0.25) is 9.59 Å². The average molecular weight is 461 g/mol. The summed E-state index contributed by atoms with van der Waals surface area (Å²) in [5.74, 6) is -0.832. The van der Waals surface area contributed by atoms with Crippen molar-refractivity contribution in [3.05, 3.63) is 69.7 Å². The highest BCUT2D eigenvalue weighted by molar-refractivity contribution is 6.42. The smallest absolute Gasteiger partial charge is 0.314 e. The number of carbonyl (C=O) groups excluding carboxylic acids is 1. The number of halogens is 2. The summed E-state index contributed by atoms with van der Waals surface area (Å²) in [4.78, 5) is 26.4. The third kappa shape index (κ3) is 4.19. The first-order chi connectivity index (χ1) is 14.8. The Labute approximate surface area is 192 Å². The van der Waals surface area contributed by atoms with Crippen molar-refractivity contribution in [3.8, 4) is 0 Å². The van der Waals surface area contributed by atoms with Crippen molar-refractivity contribution >= 4 is 35.1 Å². The van der Waals surface area contributed by atoms with Crippen molar-refractivity contribution < 1.29 is 14.7 Å². The first kappa shape index (κ1) is 22.1. The highest BCUT2D eigenvalue weighted by Gasteiger charge is 2.62. The first-order valence-electron chi connectivity index (χ1n) is 10.5. The Hall–Kier alpha value is -2.08. The number of nitrogens with one attached hydrogen (secondary N) is 1. The predicted molar refractivity (Wildman–Crippen MR) is 121 cm³/mol. The van der Waals surface area contributed by atoms with Crippen LogP contribution in [0.4, 0.5) is 0 Å². The Morgan fingerprint density at radius 3 is 2.32 bits per heavy atom. The molecule has 2 aromatic carbocycles. The lowest BCUT2D eigenvalue weighted by molar-refractivity contribution is -0.140. The Morgan fingerprint density at radius 2 is 1.74 bits per heavy atom. The summed E-state index contributed by atoms with van der Waals surface area (Å²) >= 11 is 12.2. The SMILES string of the molecule is CC(=O)NC1(c2ccccc2)CCN(C[C@@H]2C[C@]2(C(=O)O)c2ccc(Cl)c(Cl)c2)CC1. The number of hydrogen-bond donors (Lipinski definition) is 2. The second-order valence-corrected chi connectivity index (χ2v) is 9.55. The fourth-order valence-corrected chi connectivity index (χ4v) is 5.37. The maximum absolute atomic E-state index is 12.2. The molecule has 1 aliphatic heterocycles. The summed E-state index contributed by atoms with van der Waals surface area (Å²) in [6, 6.07) is 15.2. The molecule has 31 heavy (non-hydrogen) atoms. The van der Waals surface area contributed by atoms with E-state index < -0.39 is 11.4 Å². The van der Waals surface area contributed by atoms with Crippen LogP contribution in [0.15, 0.2) is 48.5 Å². The van der Waals surface area contributed by atoms with Crippen LogP contribution in [0.1, 0.15) is 37.3 Å². The molecule has 2 aromatic rings. The normalized spacial score (nSPS) is 25.1. The van der Waals surface area contributed by atoms with Crippen LogP contribution in [0, 0.1) is 5.92 Å². The van der Waals surface area contributed by atoms with Crippen molar-refractivity contribution in [2.75, 3.05) is 19.6 Å². The van der Waals surface area contributed by atoms with Crippen LogP contribution >= 0.6 is 23.2 Å². The molecule has 0 radical (unpaired) electrons. The maximum Gasteiger partial charge on any atom is 0.314 e. The van der Waals surface area contributed by atoms with Crippen LogP contribution in [-0.4, -0.2) is 41.5 Å². The third-order valence-electron chi connectivity index (χ3n) is 6.85. The van der Waals surface area contributed by atoms with Crippen LogP contribution in [0.2, 0.25) is 10.0 Å². The van der Waals surface area contributed by atoms with Crippen molar-refractivity contribution in [2.24, 2.45) is 5.92 Å². The van der Waals surface area contributed by atoms with Gasteiger partial charge in [-0.1, -0.05) is 59.6 Å². The molecule has 1 saturated carbocycles. The lowest BCUT2D eigenvalue weighted by Crippen LogP contribution is -2.53. The minimum atomic E-state index is -0.903. The largest absolute Gasteiger partial charge is 0.481 e. The fourth-order valence-electron chi connectivity index (χ4n) is 5.07. The fraction of sp³-hybridized carbons (Fsp3) is 0.417. The van der Waals surface area contributed by atoms with Gasteiger partial charge in [0, 0.05) is 26.6 Å². The molecule has 1 saturated heterocycles. The zero-order chi connectivity index (χ0) is 22.2. The number of benzene rings is 2. The first-order valence-corrected chi connectivity index (χ1v) is 11.3. The van der Waals surface area contributed by atoms with Gasteiger partial charge in [-0.05, 0) is 48.4 Å². The van der Waals surface area contributed by atoms with E-state index in [-0.39, 0.29) is 17.4 Å². The standard InChI is InChI=1S/C24H26Cl2N2O3/c1-16(29)27-23(17-5-3-2-4-6-17)9-11-28(12-10-23)15-19-14-24(19,22(30)31)18-7-8-20(25)21(26)13-18/h2-8,13,19H,9-12,14-15H2,1H3,(H,27,29)(H,30,31)/t19-,24-/m0/s1. The van der Waals surface area contributed by atoms with E-state index in [1.165, 1.54) is 0 Å². The minimum absolute atomic E-state index is 0.0206. The Balaban J connectivity index is 1.46. The number of piperidine rings is 1. The molecule has 0 bridgehead atoms. The Bertz CT molecular complexity index is 990. The summed E-state index contributed by atoms with van der Waals surface area (Å²) in [7, 11) is 0. The number of carboxylic acids is 1. The van der Waals surface area contributed by atoms with Crippen molar-refractivity contribution in [3.63, 3.8) is 0 Å². The van der Waals surface area contributed by atoms with Gasteiger partial charge in [-0.2, -0.15) is 0 Å². The molecule has 164 valence electrons. The van der Waals surface area contributed by atoms with Gasteiger partial charge < -0.3 is 15.3 Å². The van der Waals surface area contributed by atoms with E-state index in [1.807, 2.05) is 18.2 Å². The van der Waals surface area contributed by atoms with Gasteiger partial charge in [0.1, 0.15) is 0 Å². The number of aliphatic carboxylic acids is 1. The van der Waals surface area contributed by atoms with E-state index in [9.17, 15) is 14.7 Å². The molecular weight excluding hydrogens is 435 g/mol. The summed E-state index contributed by atoms with van der Waals surface area (Å²) in [6.45, 7) is 3.85. The molecule has 4 rings (SSSR count). The molecule has 2 aliphatic rings. The molecule has 2 atom stereocenters. The zero-order valence-corrected chi connectivity index (χ0v) is 18.9. The van der Waals surface area contributed by atoms with E-state index in [0.717, 1.165) is 31.5 Å². The Kier molecular flexibility index (Phi) is 6.03. The molecule has 5 nitrogen and oxygen atoms in total. The maximum atomic E-state index is 12.2. The van der Waals surface area contributed by atoms with E-state index in [0.29, 0.717) is 28.6 Å². The number of hydrogen-bond acceptors (Lipinski definition) is 3.